The van der Waals surface area contributed by atoms with Crippen LogP contribution in [-0.4, -0.2) is 33.7 Å². The lowest BCUT2D eigenvalue weighted by atomic mass is 10.3. The monoisotopic (exact) mass is 376 g/mol. The molecule has 7 heteroatoms. The van der Waals surface area contributed by atoms with E-state index in [0.717, 1.165) is 23.4 Å². The van der Waals surface area contributed by atoms with Crippen LogP contribution in [-0.2, 0) is 14.8 Å². The van der Waals surface area contributed by atoms with Crippen molar-refractivity contribution in [1.82, 2.24) is 5.32 Å². The Hall–Kier alpha value is -2.54. The standard InChI is InChI=1S/C19H24N2O4S/c1-3-4-14-20-19(22)15-21(26(2,23)24)16-10-12-18(13-11-16)25-17-8-6-5-7-9-17/h5-13H,3-4,14-15H2,1-2H3,(H,20,22). The second-order valence-corrected chi connectivity index (χ2v) is 7.79. The van der Waals surface area contributed by atoms with Gasteiger partial charge in [-0.05, 0) is 42.8 Å². The lowest BCUT2D eigenvalue weighted by Crippen LogP contribution is -2.40. The highest BCUT2D eigenvalue weighted by molar-refractivity contribution is 7.92. The zero-order valence-electron chi connectivity index (χ0n) is 15.0. The van der Waals surface area contributed by atoms with Crippen molar-refractivity contribution in [3.05, 3.63) is 54.6 Å². The average Bonchev–Trinajstić information content (AvgIpc) is 2.61. The van der Waals surface area contributed by atoms with Gasteiger partial charge in [-0.1, -0.05) is 31.5 Å². The van der Waals surface area contributed by atoms with E-state index in [1.807, 2.05) is 37.3 Å². The van der Waals surface area contributed by atoms with E-state index in [1.165, 1.54) is 0 Å². The van der Waals surface area contributed by atoms with Crippen molar-refractivity contribution in [2.75, 3.05) is 23.7 Å². The van der Waals surface area contributed by atoms with Crippen LogP contribution in [0.3, 0.4) is 0 Å². The van der Waals surface area contributed by atoms with E-state index in [4.69, 9.17) is 4.74 Å². The Bertz CT molecular complexity index is 805. The molecule has 2 aromatic rings. The highest BCUT2D eigenvalue weighted by Crippen LogP contribution is 2.25. The molecule has 1 N–H and O–H groups in total. The third kappa shape index (κ3) is 6.07. The van der Waals surface area contributed by atoms with Crippen LogP contribution < -0.4 is 14.4 Å². The molecule has 0 aliphatic carbocycles. The number of sulfonamides is 1. The summed E-state index contributed by atoms with van der Waals surface area (Å²) in [5.41, 5.74) is 0.415. The summed E-state index contributed by atoms with van der Waals surface area (Å²) in [7, 11) is -3.58. The number of benzene rings is 2. The van der Waals surface area contributed by atoms with Crippen molar-refractivity contribution in [1.29, 1.82) is 0 Å². The van der Waals surface area contributed by atoms with Crippen LogP contribution in [0.5, 0.6) is 11.5 Å². The van der Waals surface area contributed by atoms with Crippen LogP contribution in [0.2, 0.25) is 0 Å². The molecule has 0 fully saturated rings. The van der Waals surface area contributed by atoms with Crippen LogP contribution in [0.4, 0.5) is 5.69 Å². The normalized spacial score (nSPS) is 11.0. The van der Waals surface area contributed by atoms with Gasteiger partial charge in [-0.25, -0.2) is 8.42 Å². The summed E-state index contributed by atoms with van der Waals surface area (Å²) in [6.07, 6.45) is 2.90. The summed E-state index contributed by atoms with van der Waals surface area (Å²) in [5, 5.41) is 2.73. The topological polar surface area (TPSA) is 75.7 Å². The second-order valence-electron chi connectivity index (χ2n) is 5.88. The number of rotatable bonds is 9. The molecule has 0 aliphatic heterocycles. The molecule has 0 aliphatic rings. The Balaban J connectivity index is 2.09. The number of unbranched alkanes of at least 4 members (excludes halogenated alkanes) is 1. The molecule has 26 heavy (non-hydrogen) atoms. The molecule has 2 rings (SSSR count). The van der Waals surface area contributed by atoms with Gasteiger partial charge in [0.05, 0.1) is 11.9 Å². The van der Waals surface area contributed by atoms with Gasteiger partial charge in [-0.2, -0.15) is 0 Å². The molecular formula is C19H24N2O4S. The Kier molecular flexibility index (Phi) is 7.03. The summed E-state index contributed by atoms with van der Waals surface area (Å²) in [5.74, 6) is 0.949. The van der Waals surface area contributed by atoms with Gasteiger partial charge in [0.1, 0.15) is 18.0 Å². The third-order valence-corrected chi connectivity index (χ3v) is 4.78. The Morgan fingerprint density at radius 3 is 2.23 bits per heavy atom. The summed E-state index contributed by atoms with van der Waals surface area (Å²) >= 11 is 0. The van der Waals surface area contributed by atoms with Crippen LogP contribution >= 0.6 is 0 Å². The minimum absolute atomic E-state index is 0.249. The first-order valence-corrected chi connectivity index (χ1v) is 10.3. The predicted molar refractivity (Wildman–Crippen MR) is 103 cm³/mol. The number of nitrogens with one attached hydrogen (secondary N) is 1. The van der Waals surface area contributed by atoms with E-state index in [-0.39, 0.29) is 12.5 Å². The first kappa shape index (κ1) is 19.8. The minimum atomic E-state index is -3.58. The number of carbonyl (C=O) groups excluding carboxylic acids is 1. The molecule has 0 unspecified atom stereocenters. The number of ether oxygens (including phenoxy) is 1. The van der Waals surface area contributed by atoms with E-state index >= 15 is 0 Å². The van der Waals surface area contributed by atoms with E-state index < -0.39 is 10.0 Å². The van der Waals surface area contributed by atoms with Crippen LogP contribution in [0.25, 0.3) is 0 Å². The minimum Gasteiger partial charge on any atom is -0.457 e. The largest absolute Gasteiger partial charge is 0.457 e. The molecule has 0 radical (unpaired) electrons. The van der Waals surface area contributed by atoms with Crippen molar-refractivity contribution in [2.24, 2.45) is 0 Å². The molecule has 0 saturated carbocycles. The van der Waals surface area contributed by atoms with Crippen LogP contribution in [0, 0.1) is 0 Å². The van der Waals surface area contributed by atoms with Crippen molar-refractivity contribution < 1.29 is 17.9 Å². The zero-order valence-corrected chi connectivity index (χ0v) is 15.8. The summed E-state index contributed by atoms with van der Waals surface area (Å²) in [4.78, 5) is 12.0. The van der Waals surface area contributed by atoms with E-state index in [1.54, 1.807) is 24.3 Å². The number of nitrogens with zero attached hydrogens (tertiary/aromatic N) is 1. The molecule has 6 nitrogen and oxygen atoms in total. The lowest BCUT2D eigenvalue weighted by Gasteiger charge is -2.22. The fourth-order valence-corrected chi connectivity index (χ4v) is 3.15. The Morgan fingerprint density at radius 1 is 1.04 bits per heavy atom. The van der Waals surface area contributed by atoms with Gasteiger partial charge in [0, 0.05) is 6.54 Å². The SMILES string of the molecule is CCCCNC(=O)CN(c1ccc(Oc2ccccc2)cc1)S(C)(=O)=O. The number of anilines is 1. The lowest BCUT2D eigenvalue weighted by molar-refractivity contribution is -0.119. The highest BCUT2D eigenvalue weighted by Gasteiger charge is 2.20. The molecule has 1 amide bonds. The highest BCUT2D eigenvalue weighted by atomic mass is 32.2. The Morgan fingerprint density at radius 2 is 1.65 bits per heavy atom. The molecule has 0 bridgehead atoms. The van der Waals surface area contributed by atoms with E-state index in [0.29, 0.717) is 23.7 Å². The fraction of sp³-hybridized carbons (Fsp3) is 0.316. The van der Waals surface area contributed by atoms with E-state index in [2.05, 4.69) is 5.32 Å². The molecule has 0 saturated heterocycles. The predicted octanol–water partition coefficient (Wildman–Crippen LogP) is 3.16. The number of hydrogen-bond acceptors (Lipinski definition) is 4. The van der Waals surface area contributed by atoms with Crippen LogP contribution in [0.1, 0.15) is 19.8 Å². The van der Waals surface area contributed by atoms with Crippen LogP contribution in [0.15, 0.2) is 54.6 Å². The van der Waals surface area contributed by atoms with E-state index in [9.17, 15) is 13.2 Å². The van der Waals surface area contributed by atoms with Gasteiger partial charge in [0.2, 0.25) is 15.9 Å². The maximum Gasteiger partial charge on any atom is 0.240 e. The number of amides is 1. The molecule has 0 aromatic heterocycles. The van der Waals surface area contributed by atoms with Gasteiger partial charge in [0.15, 0.2) is 0 Å². The van der Waals surface area contributed by atoms with Gasteiger partial charge in [-0.15, -0.1) is 0 Å². The molecule has 2 aromatic carbocycles. The third-order valence-electron chi connectivity index (χ3n) is 3.64. The number of carbonyl (C=O) groups is 1. The zero-order chi connectivity index (χ0) is 19.0. The average molecular weight is 376 g/mol. The maximum atomic E-state index is 12.1. The molecule has 0 spiro atoms. The van der Waals surface area contributed by atoms with Gasteiger partial charge in [-0.3, -0.25) is 9.10 Å². The molecule has 140 valence electrons. The van der Waals surface area contributed by atoms with Crippen molar-refractivity contribution >= 4 is 21.6 Å². The fourth-order valence-electron chi connectivity index (χ4n) is 2.30. The van der Waals surface area contributed by atoms with Crippen molar-refractivity contribution in [3.8, 4) is 11.5 Å². The molecular weight excluding hydrogens is 352 g/mol. The molecule has 0 heterocycles. The summed E-state index contributed by atoms with van der Waals surface area (Å²) < 4.78 is 31.0. The second kappa shape index (κ2) is 9.24. The summed E-state index contributed by atoms with van der Waals surface area (Å²) in [6, 6.07) is 15.9. The smallest absolute Gasteiger partial charge is 0.240 e. The molecule has 0 atom stereocenters. The quantitative estimate of drug-likeness (QED) is 0.682. The maximum absolute atomic E-state index is 12.1. The first-order chi connectivity index (χ1) is 12.4. The Labute approximate surface area is 154 Å². The number of hydrogen-bond donors (Lipinski definition) is 1. The van der Waals surface area contributed by atoms with Gasteiger partial charge < -0.3 is 10.1 Å². The van der Waals surface area contributed by atoms with Crippen molar-refractivity contribution in [2.45, 2.75) is 19.8 Å². The van der Waals surface area contributed by atoms with Gasteiger partial charge in [0.25, 0.3) is 0 Å². The van der Waals surface area contributed by atoms with Gasteiger partial charge >= 0.3 is 0 Å². The summed E-state index contributed by atoms with van der Waals surface area (Å²) in [6.45, 7) is 2.31. The number of para-hydroxylation sites is 1. The first-order valence-electron chi connectivity index (χ1n) is 8.47. The van der Waals surface area contributed by atoms with Crippen molar-refractivity contribution in [3.63, 3.8) is 0 Å².